The third-order valence-electron chi connectivity index (χ3n) is 3.67. The van der Waals surface area contributed by atoms with E-state index in [9.17, 15) is 4.79 Å². The van der Waals surface area contributed by atoms with E-state index in [0.717, 1.165) is 11.1 Å². The maximum absolute atomic E-state index is 11.9. The molecule has 0 aromatic heterocycles. The van der Waals surface area contributed by atoms with Crippen LogP contribution in [0.15, 0.2) is 48.5 Å². The number of amides is 1. The van der Waals surface area contributed by atoms with E-state index in [1.54, 1.807) is 24.3 Å². The molecule has 0 radical (unpaired) electrons. The van der Waals surface area contributed by atoms with Gasteiger partial charge in [0.05, 0.1) is 0 Å². The highest BCUT2D eigenvalue weighted by Gasteiger charge is 2.12. The number of carbonyl (C=O) groups is 1. The van der Waals surface area contributed by atoms with E-state index in [2.05, 4.69) is 38.2 Å². The molecule has 1 amide bonds. The first-order chi connectivity index (χ1) is 11.3. The molecule has 0 heterocycles. The second-order valence-electron chi connectivity index (χ2n) is 6.66. The van der Waals surface area contributed by atoms with E-state index >= 15 is 0 Å². The fourth-order valence-corrected chi connectivity index (χ4v) is 2.65. The number of hydrogen-bond acceptors (Lipinski definition) is 1. The standard InChI is InChI=1S/C20H21Cl2NO/c1-20(2,3)16-8-4-14(5-9-16)6-11-19(24)23-13-15-7-10-17(21)12-18(15)22/h4-12H,13H2,1-3H3,(H,23,24)/b11-6+. The summed E-state index contributed by atoms with van der Waals surface area (Å²) in [6, 6.07) is 13.4. The highest BCUT2D eigenvalue weighted by molar-refractivity contribution is 6.35. The maximum Gasteiger partial charge on any atom is 0.244 e. The predicted molar refractivity (Wildman–Crippen MR) is 102 cm³/mol. The van der Waals surface area contributed by atoms with Gasteiger partial charge in [-0.05, 0) is 40.3 Å². The molecule has 0 aliphatic heterocycles. The van der Waals surface area contributed by atoms with Crippen molar-refractivity contribution in [2.75, 3.05) is 0 Å². The Morgan fingerprint density at radius 1 is 1.08 bits per heavy atom. The number of hydrogen-bond donors (Lipinski definition) is 1. The van der Waals surface area contributed by atoms with Crippen LogP contribution in [-0.2, 0) is 16.8 Å². The summed E-state index contributed by atoms with van der Waals surface area (Å²) in [6.07, 6.45) is 3.32. The molecule has 0 aliphatic rings. The molecule has 0 saturated carbocycles. The highest BCUT2D eigenvalue weighted by Crippen LogP contribution is 2.22. The Morgan fingerprint density at radius 2 is 1.75 bits per heavy atom. The summed E-state index contributed by atoms with van der Waals surface area (Å²) in [5.41, 5.74) is 3.21. The lowest BCUT2D eigenvalue weighted by atomic mass is 9.87. The molecule has 0 fully saturated rings. The molecule has 0 aliphatic carbocycles. The molecule has 24 heavy (non-hydrogen) atoms. The molecular formula is C20H21Cl2NO. The molecule has 0 unspecified atom stereocenters. The SMILES string of the molecule is CC(C)(C)c1ccc(/C=C/C(=O)NCc2ccc(Cl)cc2Cl)cc1. The van der Waals surface area contributed by atoms with E-state index in [-0.39, 0.29) is 11.3 Å². The van der Waals surface area contributed by atoms with Crippen LogP contribution < -0.4 is 5.32 Å². The number of halogens is 2. The topological polar surface area (TPSA) is 29.1 Å². The van der Waals surface area contributed by atoms with Gasteiger partial charge in [0, 0.05) is 22.7 Å². The van der Waals surface area contributed by atoms with Crippen molar-refractivity contribution in [2.24, 2.45) is 0 Å². The summed E-state index contributed by atoms with van der Waals surface area (Å²) in [5.74, 6) is -0.166. The highest BCUT2D eigenvalue weighted by atomic mass is 35.5. The van der Waals surface area contributed by atoms with Crippen molar-refractivity contribution in [3.8, 4) is 0 Å². The van der Waals surface area contributed by atoms with Gasteiger partial charge in [0.2, 0.25) is 5.91 Å². The van der Waals surface area contributed by atoms with Crippen LogP contribution in [-0.4, -0.2) is 5.91 Å². The van der Waals surface area contributed by atoms with Crippen LogP contribution in [0.5, 0.6) is 0 Å². The normalized spacial score (nSPS) is 11.7. The summed E-state index contributed by atoms with van der Waals surface area (Å²) >= 11 is 11.9. The van der Waals surface area contributed by atoms with Gasteiger partial charge in [0.1, 0.15) is 0 Å². The van der Waals surface area contributed by atoms with Gasteiger partial charge in [-0.1, -0.05) is 74.3 Å². The molecule has 0 atom stereocenters. The van der Waals surface area contributed by atoms with Crippen LogP contribution in [0.4, 0.5) is 0 Å². The Balaban J connectivity index is 1.93. The summed E-state index contributed by atoms with van der Waals surface area (Å²) in [4.78, 5) is 11.9. The Labute approximate surface area is 153 Å². The molecule has 0 bridgehead atoms. The number of nitrogens with one attached hydrogen (secondary N) is 1. The summed E-state index contributed by atoms with van der Waals surface area (Å²) < 4.78 is 0. The molecule has 0 saturated heterocycles. The molecule has 0 spiro atoms. The molecule has 4 heteroatoms. The largest absolute Gasteiger partial charge is 0.348 e. The number of carbonyl (C=O) groups excluding carboxylic acids is 1. The van der Waals surface area contributed by atoms with Crippen LogP contribution >= 0.6 is 23.2 Å². The lowest BCUT2D eigenvalue weighted by molar-refractivity contribution is -0.116. The molecule has 2 aromatic rings. The zero-order valence-corrected chi connectivity index (χ0v) is 15.6. The second kappa shape index (κ2) is 7.87. The molecule has 2 aromatic carbocycles. The Hall–Kier alpha value is -1.77. The molecule has 1 N–H and O–H groups in total. The zero-order chi connectivity index (χ0) is 17.7. The van der Waals surface area contributed by atoms with Gasteiger partial charge in [0.15, 0.2) is 0 Å². The van der Waals surface area contributed by atoms with Crippen molar-refractivity contribution in [1.82, 2.24) is 5.32 Å². The quantitative estimate of drug-likeness (QED) is 0.703. The van der Waals surface area contributed by atoms with Gasteiger partial charge in [-0.3, -0.25) is 4.79 Å². The van der Waals surface area contributed by atoms with Crippen molar-refractivity contribution < 1.29 is 4.79 Å². The summed E-state index contributed by atoms with van der Waals surface area (Å²) in [6.45, 7) is 6.88. The van der Waals surface area contributed by atoms with Gasteiger partial charge in [-0.15, -0.1) is 0 Å². The third kappa shape index (κ3) is 5.40. The Kier molecular flexibility index (Phi) is 6.09. The van der Waals surface area contributed by atoms with Crippen molar-refractivity contribution >= 4 is 35.2 Å². The Morgan fingerprint density at radius 3 is 2.33 bits per heavy atom. The van der Waals surface area contributed by atoms with Crippen molar-refractivity contribution in [3.63, 3.8) is 0 Å². The van der Waals surface area contributed by atoms with Gasteiger partial charge in [-0.2, -0.15) is 0 Å². The fourth-order valence-electron chi connectivity index (χ4n) is 2.17. The predicted octanol–water partition coefficient (Wildman–Crippen LogP) is 5.62. The van der Waals surface area contributed by atoms with Crippen molar-refractivity contribution in [1.29, 1.82) is 0 Å². The Bertz CT molecular complexity index is 743. The third-order valence-corrected chi connectivity index (χ3v) is 4.26. The van der Waals surface area contributed by atoms with Crippen LogP contribution in [0.2, 0.25) is 10.0 Å². The smallest absolute Gasteiger partial charge is 0.244 e. The van der Waals surface area contributed by atoms with Crippen LogP contribution in [0.25, 0.3) is 6.08 Å². The zero-order valence-electron chi connectivity index (χ0n) is 14.1. The van der Waals surface area contributed by atoms with Crippen molar-refractivity contribution in [2.45, 2.75) is 32.7 Å². The van der Waals surface area contributed by atoms with Crippen molar-refractivity contribution in [3.05, 3.63) is 75.3 Å². The monoisotopic (exact) mass is 361 g/mol. The minimum Gasteiger partial charge on any atom is -0.348 e. The van der Waals surface area contributed by atoms with E-state index in [0.29, 0.717) is 16.6 Å². The minimum atomic E-state index is -0.166. The molecule has 2 rings (SSSR count). The average molecular weight is 362 g/mol. The van der Waals surface area contributed by atoms with Gasteiger partial charge in [0.25, 0.3) is 0 Å². The average Bonchev–Trinajstić information content (AvgIpc) is 2.51. The van der Waals surface area contributed by atoms with Gasteiger partial charge < -0.3 is 5.32 Å². The van der Waals surface area contributed by atoms with E-state index in [4.69, 9.17) is 23.2 Å². The van der Waals surface area contributed by atoms with E-state index < -0.39 is 0 Å². The maximum atomic E-state index is 11.9. The van der Waals surface area contributed by atoms with E-state index in [1.165, 1.54) is 11.6 Å². The van der Waals surface area contributed by atoms with E-state index in [1.807, 2.05) is 12.1 Å². The lowest BCUT2D eigenvalue weighted by Gasteiger charge is -2.18. The number of rotatable bonds is 4. The summed E-state index contributed by atoms with van der Waals surface area (Å²) in [7, 11) is 0. The van der Waals surface area contributed by atoms with Gasteiger partial charge >= 0.3 is 0 Å². The second-order valence-corrected chi connectivity index (χ2v) is 7.50. The first-order valence-corrected chi connectivity index (χ1v) is 8.52. The molecule has 126 valence electrons. The first-order valence-electron chi connectivity index (χ1n) is 7.76. The molecule has 2 nitrogen and oxygen atoms in total. The van der Waals surface area contributed by atoms with Crippen LogP contribution in [0.1, 0.15) is 37.5 Å². The fraction of sp³-hybridized carbons (Fsp3) is 0.250. The summed E-state index contributed by atoms with van der Waals surface area (Å²) in [5, 5.41) is 3.94. The molecular weight excluding hydrogens is 341 g/mol. The first kappa shape index (κ1) is 18.6. The van der Waals surface area contributed by atoms with Crippen LogP contribution in [0.3, 0.4) is 0 Å². The minimum absolute atomic E-state index is 0.122. The lowest BCUT2D eigenvalue weighted by Crippen LogP contribution is -2.20. The number of benzene rings is 2. The van der Waals surface area contributed by atoms with Crippen LogP contribution in [0, 0.1) is 0 Å². The van der Waals surface area contributed by atoms with Gasteiger partial charge in [-0.25, -0.2) is 0 Å².